The molecule has 0 aliphatic carbocycles. The Morgan fingerprint density at radius 3 is 2.67 bits per heavy atom. The summed E-state index contributed by atoms with van der Waals surface area (Å²) in [5.41, 5.74) is 6.46. The fourth-order valence-corrected chi connectivity index (χ4v) is 6.68. The zero-order chi connectivity index (χ0) is 28.5. The van der Waals surface area contributed by atoms with Gasteiger partial charge >= 0.3 is 5.97 Å². The number of nitrogens with zero attached hydrogens (tertiary/aromatic N) is 1. The minimum Gasteiger partial charge on any atom is -0.493 e. The Morgan fingerprint density at radius 1 is 1.20 bits per heavy atom. The van der Waals surface area contributed by atoms with Crippen LogP contribution in [0.5, 0.6) is 11.5 Å². The monoisotopic (exact) mass is 570 g/mol. The van der Waals surface area contributed by atoms with Crippen molar-refractivity contribution in [3.63, 3.8) is 0 Å². The van der Waals surface area contributed by atoms with Crippen LogP contribution in [0.1, 0.15) is 62.1 Å². The first kappa shape index (κ1) is 28.4. The number of carbonyl (C=O) groups is 2. The van der Waals surface area contributed by atoms with E-state index >= 15 is 0 Å². The number of hydrogen-bond donors (Lipinski definition) is 1. The van der Waals surface area contributed by atoms with E-state index in [-0.39, 0.29) is 6.29 Å². The van der Waals surface area contributed by atoms with Gasteiger partial charge < -0.3 is 34.3 Å². The fourth-order valence-electron chi connectivity index (χ4n) is 5.75. The molecule has 0 radical (unpaired) electrons. The molecule has 40 heavy (non-hydrogen) atoms. The summed E-state index contributed by atoms with van der Waals surface area (Å²) in [4.78, 5) is 29.6. The van der Waals surface area contributed by atoms with Gasteiger partial charge in [0, 0.05) is 18.0 Å². The van der Waals surface area contributed by atoms with Gasteiger partial charge in [-0.1, -0.05) is 6.07 Å². The van der Waals surface area contributed by atoms with E-state index in [9.17, 15) is 9.59 Å². The molecule has 3 unspecified atom stereocenters. The number of rotatable bonds is 9. The Balaban J connectivity index is 1.50. The third-order valence-corrected chi connectivity index (χ3v) is 8.51. The highest BCUT2D eigenvalue weighted by Gasteiger charge is 2.57. The zero-order valence-electron chi connectivity index (χ0n) is 23.6. The highest BCUT2D eigenvalue weighted by Crippen LogP contribution is 2.55. The second-order valence-electron chi connectivity index (χ2n) is 11.3. The van der Waals surface area contributed by atoms with Crippen LogP contribution in [0, 0.1) is 0 Å². The second-order valence-corrected chi connectivity index (χ2v) is 12.3. The van der Waals surface area contributed by atoms with Gasteiger partial charge in [0.1, 0.15) is 23.3 Å². The van der Waals surface area contributed by atoms with Crippen LogP contribution in [0.15, 0.2) is 41.4 Å². The van der Waals surface area contributed by atoms with Gasteiger partial charge in [0.15, 0.2) is 17.8 Å². The van der Waals surface area contributed by atoms with Crippen molar-refractivity contribution < 1.29 is 33.3 Å². The molecule has 1 fully saturated rings. The van der Waals surface area contributed by atoms with E-state index in [2.05, 4.69) is 0 Å². The first-order valence-corrected chi connectivity index (χ1v) is 14.7. The smallest absolute Gasteiger partial charge is 0.354 e. The SMILES string of the molecule is COc1cc2c(cc1OCCOC1CCCCO1)C1N(CC2)C(C(=O)OC(C)(C)C)=CC1(C(N)=O)c1cccs1. The average Bonchev–Trinajstić information content (AvgIpc) is 3.58. The molecule has 1 saturated heterocycles. The molecule has 1 aromatic carbocycles. The summed E-state index contributed by atoms with van der Waals surface area (Å²) in [6, 6.07) is 7.10. The van der Waals surface area contributed by atoms with Crippen molar-refractivity contribution in [2.24, 2.45) is 5.73 Å². The maximum atomic E-state index is 13.4. The van der Waals surface area contributed by atoms with Crippen LogP contribution in [0.3, 0.4) is 0 Å². The van der Waals surface area contributed by atoms with Gasteiger partial charge in [-0.2, -0.15) is 0 Å². The number of carbonyl (C=O) groups excluding carboxylic acids is 2. The number of esters is 1. The van der Waals surface area contributed by atoms with Crippen LogP contribution < -0.4 is 15.2 Å². The van der Waals surface area contributed by atoms with Gasteiger partial charge in [-0.3, -0.25) is 4.79 Å². The average molecular weight is 571 g/mol. The van der Waals surface area contributed by atoms with Crippen molar-refractivity contribution in [2.45, 2.75) is 69.8 Å². The van der Waals surface area contributed by atoms with Gasteiger partial charge in [0.05, 0.1) is 19.8 Å². The largest absolute Gasteiger partial charge is 0.493 e. The first-order chi connectivity index (χ1) is 19.1. The number of hydrogen-bond acceptors (Lipinski definition) is 9. The topological polar surface area (TPSA) is 110 Å². The predicted molar refractivity (Wildman–Crippen MR) is 150 cm³/mol. The predicted octanol–water partition coefficient (Wildman–Crippen LogP) is 4.24. The van der Waals surface area contributed by atoms with E-state index < -0.39 is 28.9 Å². The van der Waals surface area contributed by atoms with E-state index in [1.54, 1.807) is 13.2 Å². The Labute approximate surface area is 239 Å². The number of methoxy groups -OCH3 is 1. The van der Waals surface area contributed by atoms with Crippen molar-refractivity contribution in [2.75, 3.05) is 33.5 Å². The molecule has 2 N–H and O–H groups in total. The zero-order valence-corrected chi connectivity index (χ0v) is 24.4. The minimum atomic E-state index is -1.26. The normalized spacial score (nSPS) is 24.1. The molecule has 1 amide bonds. The molecular weight excluding hydrogens is 532 g/mol. The van der Waals surface area contributed by atoms with Gasteiger partial charge in [-0.05, 0) is 87.2 Å². The van der Waals surface area contributed by atoms with Crippen molar-refractivity contribution in [3.05, 3.63) is 57.4 Å². The lowest BCUT2D eigenvalue weighted by Crippen LogP contribution is -2.48. The quantitative estimate of drug-likeness (QED) is 0.352. The summed E-state index contributed by atoms with van der Waals surface area (Å²) in [6.07, 6.45) is 5.18. The van der Waals surface area contributed by atoms with Gasteiger partial charge in [0.25, 0.3) is 0 Å². The van der Waals surface area contributed by atoms with Crippen molar-refractivity contribution in [1.82, 2.24) is 4.90 Å². The maximum Gasteiger partial charge on any atom is 0.354 e. The van der Waals surface area contributed by atoms with E-state index in [1.165, 1.54) is 11.3 Å². The molecule has 216 valence electrons. The summed E-state index contributed by atoms with van der Waals surface area (Å²) in [5.74, 6) is 0.120. The fraction of sp³-hybridized carbons (Fsp3) is 0.533. The van der Waals surface area contributed by atoms with Gasteiger partial charge in [-0.15, -0.1) is 11.3 Å². The van der Waals surface area contributed by atoms with Crippen LogP contribution in [-0.4, -0.2) is 62.1 Å². The molecule has 3 aliphatic heterocycles. The van der Waals surface area contributed by atoms with Crippen LogP contribution in [0.25, 0.3) is 0 Å². The molecule has 3 aliphatic rings. The van der Waals surface area contributed by atoms with Gasteiger partial charge in [-0.25, -0.2) is 4.79 Å². The van der Waals surface area contributed by atoms with E-state index in [1.807, 2.05) is 55.3 Å². The van der Waals surface area contributed by atoms with Crippen LogP contribution in [0.4, 0.5) is 0 Å². The number of thiophene rings is 1. The lowest BCUT2D eigenvalue weighted by atomic mass is 9.73. The van der Waals surface area contributed by atoms with E-state index in [0.717, 1.165) is 35.3 Å². The first-order valence-electron chi connectivity index (χ1n) is 13.8. The molecule has 9 nitrogen and oxygen atoms in total. The molecule has 1 aromatic heterocycles. The molecule has 0 bridgehead atoms. The maximum absolute atomic E-state index is 13.4. The number of amides is 1. The standard InChI is InChI=1S/C30H38N2O7S/c1-29(2,3)39-27(33)21-18-30(28(31)34,24-8-7-15-40-24)26-20-17-23(22(35-4)16-19(20)10-11-32(21)26)36-13-14-38-25-9-5-6-12-37-25/h7-8,15-18,25-26H,5-6,9-14H2,1-4H3,(H2,31,34). The highest BCUT2D eigenvalue weighted by atomic mass is 32.1. The summed E-state index contributed by atoms with van der Waals surface area (Å²) in [6.45, 7) is 7.37. The molecule has 3 atom stereocenters. The molecule has 10 heteroatoms. The third kappa shape index (κ3) is 5.44. The van der Waals surface area contributed by atoms with Crippen molar-refractivity contribution >= 4 is 23.2 Å². The molecule has 4 heterocycles. The number of fused-ring (bicyclic) bond motifs is 3. The third-order valence-electron chi connectivity index (χ3n) is 7.49. The Hall–Kier alpha value is -3.08. The van der Waals surface area contributed by atoms with Crippen LogP contribution in [-0.2, 0) is 35.6 Å². The summed E-state index contributed by atoms with van der Waals surface area (Å²) in [7, 11) is 1.60. The number of nitrogens with two attached hydrogens (primary N) is 1. The second kappa shape index (κ2) is 11.4. The number of benzene rings is 1. The Morgan fingerprint density at radius 2 is 2.02 bits per heavy atom. The summed E-state index contributed by atoms with van der Waals surface area (Å²) in [5, 5.41) is 1.91. The molecular formula is C30H38N2O7S. The number of ether oxygens (including phenoxy) is 5. The minimum absolute atomic E-state index is 0.200. The number of primary amides is 1. The molecule has 0 saturated carbocycles. The van der Waals surface area contributed by atoms with E-state index in [0.29, 0.717) is 50.0 Å². The lowest BCUT2D eigenvalue weighted by molar-refractivity contribution is -0.165. The summed E-state index contributed by atoms with van der Waals surface area (Å²) >= 11 is 1.44. The van der Waals surface area contributed by atoms with Crippen LogP contribution >= 0.6 is 11.3 Å². The summed E-state index contributed by atoms with van der Waals surface area (Å²) < 4.78 is 29.1. The highest BCUT2D eigenvalue weighted by molar-refractivity contribution is 7.10. The molecule has 5 rings (SSSR count). The van der Waals surface area contributed by atoms with Crippen molar-refractivity contribution in [3.8, 4) is 11.5 Å². The van der Waals surface area contributed by atoms with Crippen molar-refractivity contribution in [1.29, 1.82) is 0 Å². The van der Waals surface area contributed by atoms with Gasteiger partial charge in [0.2, 0.25) is 5.91 Å². The van der Waals surface area contributed by atoms with E-state index in [4.69, 9.17) is 29.4 Å². The molecule has 0 spiro atoms. The Bertz CT molecular complexity index is 1260. The Kier molecular flexibility index (Phi) is 8.13. The van der Waals surface area contributed by atoms with Crippen LogP contribution in [0.2, 0.25) is 0 Å². The molecule has 2 aromatic rings. The lowest BCUT2D eigenvalue weighted by Gasteiger charge is -2.42.